The molecule has 3 rings (SSSR count). The van der Waals surface area contributed by atoms with Crippen LogP contribution in [0.4, 0.5) is 0 Å². The zero-order valence-corrected chi connectivity index (χ0v) is 20.3. The van der Waals surface area contributed by atoms with Crippen molar-refractivity contribution in [1.82, 2.24) is 5.32 Å². The molecule has 2 saturated carbocycles. The molecule has 0 radical (unpaired) electrons. The first kappa shape index (κ1) is 24.6. The van der Waals surface area contributed by atoms with Crippen molar-refractivity contribution in [3.63, 3.8) is 0 Å². The van der Waals surface area contributed by atoms with Gasteiger partial charge in [0.05, 0.1) is 32.4 Å². The lowest BCUT2D eigenvalue weighted by Crippen LogP contribution is -2.53. The molecule has 6 heteroatoms. The predicted molar refractivity (Wildman–Crippen MR) is 123 cm³/mol. The van der Waals surface area contributed by atoms with Crippen LogP contribution in [0.25, 0.3) is 0 Å². The van der Waals surface area contributed by atoms with Crippen molar-refractivity contribution in [3.8, 4) is 0 Å². The van der Waals surface area contributed by atoms with Gasteiger partial charge in [0.1, 0.15) is 11.8 Å². The Morgan fingerprint density at radius 3 is 2.72 bits per heavy atom. The number of methoxy groups -OCH3 is 2. The van der Waals surface area contributed by atoms with Crippen molar-refractivity contribution in [3.05, 3.63) is 35.8 Å². The molecule has 6 nitrogen and oxygen atoms in total. The molecule has 0 bridgehead atoms. The molecule has 2 aliphatic carbocycles. The van der Waals surface area contributed by atoms with E-state index >= 15 is 0 Å². The Balaban J connectivity index is 1.72. The van der Waals surface area contributed by atoms with Crippen LogP contribution in [0, 0.1) is 22.7 Å². The highest BCUT2D eigenvalue weighted by Crippen LogP contribution is 2.62. The summed E-state index contributed by atoms with van der Waals surface area (Å²) in [4.78, 5) is 24.4. The lowest BCUT2D eigenvalue weighted by Gasteiger charge is -2.57. The summed E-state index contributed by atoms with van der Waals surface area (Å²) in [7, 11) is 2.90. The molecule has 0 spiro atoms. The van der Waals surface area contributed by atoms with Gasteiger partial charge in [-0.3, -0.25) is 14.9 Å². The number of ether oxygens (including phenoxy) is 2. The van der Waals surface area contributed by atoms with Gasteiger partial charge in [-0.25, -0.2) is 0 Å². The van der Waals surface area contributed by atoms with Crippen LogP contribution in [0.3, 0.4) is 0 Å². The summed E-state index contributed by atoms with van der Waals surface area (Å²) < 4.78 is 15.7. The molecule has 1 aromatic rings. The first-order valence-electron chi connectivity index (χ1n) is 11.8. The second-order valence-corrected chi connectivity index (χ2v) is 10.1. The van der Waals surface area contributed by atoms with Crippen LogP contribution < -0.4 is 5.32 Å². The number of furan rings is 1. The average Bonchev–Trinajstić information content (AvgIpc) is 3.22. The molecule has 0 aromatic carbocycles. The number of hydrogen-bond acceptors (Lipinski definition) is 6. The van der Waals surface area contributed by atoms with Crippen LogP contribution in [0.1, 0.15) is 70.6 Å². The Bertz CT molecular complexity index is 845. The Morgan fingerprint density at radius 1 is 1.28 bits per heavy atom. The summed E-state index contributed by atoms with van der Waals surface area (Å²) in [5.74, 6) is 1.16. The largest absolute Gasteiger partial charge is 0.469 e. The standard InChI is InChI=1S/C26H39NO5/c1-17-8-11-22-25(3,13-7-14-26(22,4)24(29)31-6)20(17)10-9-19-12-15-32-21(19)16-27-18(2)23(28)30-5/h12,15,18,20,22,27H,1,7-11,13-14,16H2,2-6H3/t18-,20+,22-,25-,26-/m1/s1. The molecule has 2 aliphatic rings. The number of carbonyl (C=O) groups excluding carboxylic acids is 2. The second kappa shape index (κ2) is 9.82. The quantitative estimate of drug-likeness (QED) is 0.457. The van der Waals surface area contributed by atoms with Gasteiger partial charge in [-0.2, -0.15) is 0 Å². The van der Waals surface area contributed by atoms with E-state index in [1.165, 1.54) is 19.8 Å². The van der Waals surface area contributed by atoms with Crippen LogP contribution in [0.15, 0.2) is 28.9 Å². The number of aryl methyl sites for hydroxylation is 1. The van der Waals surface area contributed by atoms with Gasteiger partial charge in [-0.15, -0.1) is 0 Å². The fraction of sp³-hybridized carbons (Fsp3) is 0.692. The fourth-order valence-corrected chi connectivity index (χ4v) is 6.51. The first-order valence-corrected chi connectivity index (χ1v) is 11.8. The third-order valence-electron chi connectivity index (χ3n) is 8.33. The third kappa shape index (κ3) is 4.52. The van der Waals surface area contributed by atoms with E-state index in [1.807, 2.05) is 6.07 Å². The Morgan fingerprint density at radius 2 is 2.03 bits per heavy atom. The van der Waals surface area contributed by atoms with E-state index in [4.69, 9.17) is 13.9 Å². The van der Waals surface area contributed by atoms with E-state index in [2.05, 4.69) is 25.7 Å². The number of carbonyl (C=O) groups is 2. The zero-order chi connectivity index (χ0) is 23.5. The van der Waals surface area contributed by atoms with Crippen molar-refractivity contribution in [2.75, 3.05) is 14.2 Å². The first-order chi connectivity index (χ1) is 15.2. The van der Waals surface area contributed by atoms with Gasteiger partial charge in [0.25, 0.3) is 0 Å². The van der Waals surface area contributed by atoms with Gasteiger partial charge in [-0.1, -0.05) is 25.5 Å². The Labute approximate surface area is 192 Å². The van der Waals surface area contributed by atoms with Crippen LogP contribution in [-0.2, 0) is 32.0 Å². The number of esters is 2. The highest BCUT2D eigenvalue weighted by atomic mass is 16.5. The predicted octanol–water partition coefficient (Wildman–Crippen LogP) is 4.82. The Kier molecular flexibility index (Phi) is 7.53. The molecule has 5 atom stereocenters. The molecular formula is C26H39NO5. The maximum Gasteiger partial charge on any atom is 0.322 e. The summed E-state index contributed by atoms with van der Waals surface area (Å²) in [6, 6.07) is 1.62. The van der Waals surface area contributed by atoms with E-state index in [0.29, 0.717) is 18.4 Å². The van der Waals surface area contributed by atoms with Crippen molar-refractivity contribution < 1.29 is 23.5 Å². The normalized spacial score (nSPS) is 31.0. The van der Waals surface area contributed by atoms with Crippen LogP contribution in [-0.4, -0.2) is 32.2 Å². The molecule has 2 fully saturated rings. The van der Waals surface area contributed by atoms with Crippen LogP contribution in [0.2, 0.25) is 0 Å². The summed E-state index contributed by atoms with van der Waals surface area (Å²) >= 11 is 0. The molecule has 32 heavy (non-hydrogen) atoms. The molecule has 0 saturated heterocycles. The van der Waals surface area contributed by atoms with E-state index in [0.717, 1.165) is 56.3 Å². The number of nitrogens with one attached hydrogen (secondary N) is 1. The van der Waals surface area contributed by atoms with E-state index in [9.17, 15) is 9.59 Å². The number of fused-ring (bicyclic) bond motifs is 1. The molecule has 0 unspecified atom stereocenters. The van der Waals surface area contributed by atoms with E-state index in [1.54, 1.807) is 13.2 Å². The molecule has 1 aromatic heterocycles. The molecule has 1 heterocycles. The third-order valence-corrected chi connectivity index (χ3v) is 8.33. The molecule has 0 amide bonds. The van der Waals surface area contributed by atoms with Crippen molar-refractivity contribution >= 4 is 11.9 Å². The highest BCUT2D eigenvalue weighted by Gasteiger charge is 2.57. The number of rotatable bonds is 8. The fourth-order valence-electron chi connectivity index (χ4n) is 6.51. The molecular weight excluding hydrogens is 406 g/mol. The maximum absolute atomic E-state index is 12.8. The molecule has 0 aliphatic heterocycles. The summed E-state index contributed by atoms with van der Waals surface area (Å²) in [6.45, 7) is 11.2. The summed E-state index contributed by atoms with van der Waals surface area (Å²) in [5.41, 5.74) is 2.08. The smallest absolute Gasteiger partial charge is 0.322 e. The SMILES string of the molecule is C=C1CC[C@@H]2[C@](C)(CCC[C@@]2(C)C(=O)OC)[C@H]1CCc1ccoc1CN[C@H](C)C(=O)OC. The minimum Gasteiger partial charge on any atom is -0.469 e. The molecule has 178 valence electrons. The zero-order valence-electron chi connectivity index (χ0n) is 20.3. The van der Waals surface area contributed by atoms with Crippen molar-refractivity contribution in [2.24, 2.45) is 22.7 Å². The van der Waals surface area contributed by atoms with Gasteiger partial charge >= 0.3 is 11.9 Å². The van der Waals surface area contributed by atoms with Crippen LogP contribution >= 0.6 is 0 Å². The van der Waals surface area contributed by atoms with Crippen LogP contribution in [0.5, 0.6) is 0 Å². The average molecular weight is 446 g/mol. The maximum atomic E-state index is 12.8. The minimum absolute atomic E-state index is 0.0398. The van der Waals surface area contributed by atoms with Gasteiger partial charge < -0.3 is 13.9 Å². The van der Waals surface area contributed by atoms with Crippen molar-refractivity contribution in [1.29, 1.82) is 0 Å². The topological polar surface area (TPSA) is 77.8 Å². The van der Waals surface area contributed by atoms with E-state index < -0.39 is 11.5 Å². The lowest BCUT2D eigenvalue weighted by atomic mass is 9.46. The van der Waals surface area contributed by atoms with Gasteiger partial charge in [0.15, 0.2) is 0 Å². The summed E-state index contributed by atoms with van der Waals surface area (Å²) in [5, 5.41) is 3.17. The van der Waals surface area contributed by atoms with E-state index in [-0.39, 0.29) is 17.4 Å². The van der Waals surface area contributed by atoms with Gasteiger partial charge in [-0.05, 0) is 81.3 Å². The molecule has 1 N–H and O–H groups in total. The summed E-state index contributed by atoms with van der Waals surface area (Å²) in [6.07, 6.45) is 8.58. The van der Waals surface area contributed by atoms with Gasteiger partial charge in [0.2, 0.25) is 0 Å². The lowest BCUT2D eigenvalue weighted by molar-refractivity contribution is -0.168. The second-order valence-electron chi connectivity index (χ2n) is 10.1. The monoisotopic (exact) mass is 445 g/mol. The number of allylic oxidation sites excluding steroid dienone is 1. The highest BCUT2D eigenvalue weighted by molar-refractivity contribution is 5.77. The minimum atomic E-state index is -0.421. The number of hydrogen-bond donors (Lipinski definition) is 1. The Hall–Kier alpha value is -2.08. The van der Waals surface area contributed by atoms with Crippen molar-refractivity contribution in [2.45, 2.75) is 78.3 Å². The van der Waals surface area contributed by atoms with Gasteiger partial charge in [0, 0.05) is 0 Å².